The lowest BCUT2D eigenvalue weighted by molar-refractivity contribution is 0.112. The molecule has 0 aromatic carbocycles. The summed E-state index contributed by atoms with van der Waals surface area (Å²) in [6, 6.07) is 1.89. The fraction of sp³-hybridized carbons (Fsp3) is 0.556. The highest BCUT2D eigenvalue weighted by Gasteiger charge is 2.06. The molecule has 0 aliphatic carbocycles. The largest absolute Gasteiger partial charge is 0.374 e. The Morgan fingerprint density at radius 1 is 1.62 bits per heavy atom. The van der Waals surface area contributed by atoms with Crippen molar-refractivity contribution in [3.63, 3.8) is 0 Å². The molecule has 0 radical (unpaired) electrons. The van der Waals surface area contributed by atoms with E-state index in [0.29, 0.717) is 0 Å². The summed E-state index contributed by atoms with van der Waals surface area (Å²) in [5.41, 5.74) is 0.983. The number of methoxy groups -OCH3 is 1. The van der Waals surface area contributed by atoms with Crippen molar-refractivity contribution in [2.45, 2.75) is 19.6 Å². The van der Waals surface area contributed by atoms with Crippen molar-refractivity contribution in [2.75, 3.05) is 14.2 Å². The molecule has 0 spiro atoms. The van der Waals surface area contributed by atoms with E-state index in [1.807, 2.05) is 20.0 Å². The molecule has 0 aliphatic heterocycles. The van der Waals surface area contributed by atoms with Crippen LogP contribution in [-0.4, -0.2) is 24.1 Å². The molecule has 4 heteroatoms. The van der Waals surface area contributed by atoms with E-state index < -0.39 is 0 Å². The van der Waals surface area contributed by atoms with E-state index in [-0.39, 0.29) is 6.10 Å². The number of nitrogens with zero attached hydrogens (tertiary/aromatic N) is 2. The van der Waals surface area contributed by atoms with E-state index in [4.69, 9.17) is 4.74 Å². The highest BCUT2D eigenvalue weighted by molar-refractivity contribution is 5.03. The number of rotatable bonds is 4. The van der Waals surface area contributed by atoms with E-state index in [0.717, 1.165) is 18.1 Å². The Bertz CT molecular complexity index is 265. The van der Waals surface area contributed by atoms with Gasteiger partial charge in [0.15, 0.2) is 5.82 Å². The minimum atomic E-state index is -0.0446. The van der Waals surface area contributed by atoms with Crippen molar-refractivity contribution in [3.8, 4) is 0 Å². The molecule has 13 heavy (non-hydrogen) atoms. The second-order valence-electron chi connectivity index (χ2n) is 2.81. The summed E-state index contributed by atoms with van der Waals surface area (Å²) in [6.45, 7) is 2.68. The smallest absolute Gasteiger partial charge is 0.157 e. The number of aromatic nitrogens is 2. The molecular formula is C9H15N3O. The van der Waals surface area contributed by atoms with Gasteiger partial charge >= 0.3 is 0 Å². The van der Waals surface area contributed by atoms with Gasteiger partial charge in [0.25, 0.3) is 0 Å². The van der Waals surface area contributed by atoms with Gasteiger partial charge in [0.05, 0.1) is 5.69 Å². The summed E-state index contributed by atoms with van der Waals surface area (Å²) in [5, 5.41) is 3.04. The lowest BCUT2D eigenvalue weighted by atomic mass is 10.3. The summed E-state index contributed by atoms with van der Waals surface area (Å²) >= 11 is 0. The molecule has 0 saturated heterocycles. The number of hydrogen-bond donors (Lipinski definition) is 1. The molecule has 1 aromatic rings. The molecule has 1 atom stereocenters. The normalized spacial score (nSPS) is 12.8. The first kappa shape index (κ1) is 10.1. The van der Waals surface area contributed by atoms with E-state index in [9.17, 15) is 0 Å². The Hall–Kier alpha value is -1.00. The van der Waals surface area contributed by atoms with Gasteiger partial charge in [-0.3, -0.25) is 0 Å². The number of nitrogens with one attached hydrogen (secondary N) is 1. The Labute approximate surface area is 78.4 Å². The van der Waals surface area contributed by atoms with Crippen LogP contribution < -0.4 is 5.32 Å². The zero-order chi connectivity index (χ0) is 9.68. The van der Waals surface area contributed by atoms with Crippen molar-refractivity contribution in [2.24, 2.45) is 0 Å². The van der Waals surface area contributed by atoms with E-state index in [2.05, 4.69) is 15.3 Å². The molecule has 0 fully saturated rings. The summed E-state index contributed by atoms with van der Waals surface area (Å²) in [7, 11) is 3.54. The molecule has 4 nitrogen and oxygen atoms in total. The minimum Gasteiger partial charge on any atom is -0.374 e. The van der Waals surface area contributed by atoms with Gasteiger partial charge < -0.3 is 10.1 Å². The monoisotopic (exact) mass is 181 g/mol. The van der Waals surface area contributed by atoms with Crippen LogP contribution in [0.5, 0.6) is 0 Å². The van der Waals surface area contributed by atoms with E-state index in [1.165, 1.54) is 0 Å². The maximum Gasteiger partial charge on any atom is 0.157 e. The minimum absolute atomic E-state index is 0.0446. The Kier molecular flexibility index (Phi) is 3.79. The Morgan fingerprint density at radius 2 is 2.38 bits per heavy atom. The molecular weight excluding hydrogens is 166 g/mol. The number of ether oxygens (including phenoxy) is 1. The summed E-state index contributed by atoms with van der Waals surface area (Å²) in [6.07, 6.45) is 1.71. The third kappa shape index (κ3) is 2.75. The maximum atomic E-state index is 5.12. The van der Waals surface area contributed by atoms with E-state index >= 15 is 0 Å². The SMILES string of the molecule is CNCc1ccnc(C(C)OC)n1. The third-order valence-corrected chi connectivity index (χ3v) is 1.81. The molecule has 1 rings (SSSR count). The first-order valence-corrected chi connectivity index (χ1v) is 4.27. The molecule has 1 heterocycles. The van der Waals surface area contributed by atoms with Gasteiger partial charge in [-0.2, -0.15) is 0 Å². The predicted molar refractivity (Wildman–Crippen MR) is 50.2 cm³/mol. The molecule has 72 valence electrons. The van der Waals surface area contributed by atoms with Crippen LogP contribution in [0.25, 0.3) is 0 Å². The molecule has 1 unspecified atom stereocenters. The molecule has 1 N–H and O–H groups in total. The number of hydrogen-bond acceptors (Lipinski definition) is 4. The van der Waals surface area contributed by atoms with Crippen LogP contribution in [0, 0.1) is 0 Å². The van der Waals surface area contributed by atoms with Crippen molar-refractivity contribution in [1.82, 2.24) is 15.3 Å². The molecule has 0 amide bonds. The first-order valence-electron chi connectivity index (χ1n) is 4.27. The van der Waals surface area contributed by atoms with Gasteiger partial charge in [-0.15, -0.1) is 0 Å². The topological polar surface area (TPSA) is 47.0 Å². The average Bonchev–Trinajstić information content (AvgIpc) is 2.18. The second-order valence-corrected chi connectivity index (χ2v) is 2.81. The van der Waals surface area contributed by atoms with E-state index in [1.54, 1.807) is 13.3 Å². The molecule has 1 aromatic heterocycles. The van der Waals surface area contributed by atoms with Crippen LogP contribution in [0.3, 0.4) is 0 Å². The standard InChI is InChI=1S/C9H15N3O/c1-7(13-3)9-11-5-4-8(12-9)6-10-2/h4-5,7,10H,6H2,1-3H3. The summed E-state index contributed by atoms with van der Waals surface area (Å²) in [5.74, 6) is 0.732. The average molecular weight is 181 g/mol. The fourth-order valence-corrected chi connectivity index (χ4v) is 0.994. The predicted octanol–water partition coefficient (Wildman–Crippen LogP) is 0.903. The van der Waals surface area contributed by atoms with Gasteiger partial charge in [0.2, 0.25) is 0 Å². The van der Waals surface area contributed by atoms with Gasteiger partial charge in [-0.1, -0.05) is 0 Å². The summed E-state index contributed by atoms with van der Waals surface area (Å²) in [4.78, 5) is 8.46. The lowest BCUT2D eigenvalue weighted by Crippen LogP contribution is -2.10. The van der Waals surface area contributed by atoms with Crippen molar-refractivity contribution in [3.05, 3.63) is 23.8 Å². The molecule has 0 bridgehead atoms. The second kappa shape index (κ2) is 4.89. The third-order valence-electron chi connectivity index (χ3n) is 1.81. The van der Waals surface area contributed by atoms with Crippen LogP contribution in [-0.2, 0) is 11.3 Å². The van der Waals surface area contributed by atoms with Gasteiger partial charge in [0.1, 0.15) is 6.10 Å². The molecule has 0 aliphatic rings. The first-order chi connectivity index (χ1) is 6.27. The zero-order valence-electron chi connectivity index (χ0n) is 8.24. The van der Waals surface area contributed by atoms with Crippen molar-refractivity contribution < 1.29 is 4.74 Å². The van der Waals surface area contributed by atoms with Crippen molar-refractivity contribution in [1.29, 1.82) is 0 Å². The van der Waals surface area contributed by atoms with Crippen LogP contribution in [0.1, 0.15) is 24.5 Å². The fourth-order valence-electron chi connectivity index (χ4n) is 0.994. The Morgan fingerprint density at radius 3 is 3.00 bits per heavy atom. The summed E-state index contributed by atoms with van der Waals surface area (Å²) < 4.78 is 5.12. The Balaban J connectivity index is 2.78. The highest BCUT2D eigenvalue weighted by atomic mass is 16.5. The van der Waals surface area contributed by atoms with Gasteiger partial charge in [-0.05, 0) is 20.0 Å². The zero-order valence-corrected chi connectivity index (χ0v) is 8.24. The van der Waals surface area contributed by atoms with Gasteiger partial charge in [0, 0.05) is 19.9 Å². The van der Waals surface area contributed by atoms with Crippen LogP contribution in [0.15, 0.2) is 12.3 Å². The quantitative estimate of drug-likeness (QED) is 0.749. The maximum absolute atomic E-state index is 5.12. The van der Waals surface area contributed by atoms with Crippen LogP contribution in [0.2, 0.25) is 0 Å². The van der Waals surface area contributed by atoms with Crippen molar-refractivity contribution >= 4 is 0 Å². The van der Waals surface area contributed by atoms with Gasteiger partial charge in [-0.25, -0.2) is 9.97 Å². The lowest BCUT2D eigenvalue weighted by Gasteiger charge is -2.08. The highest BCUT2D eigenvalue weighted by Crippen LogP contribution is 2.09. The molecule has 0 saturated carbocycles. The van der Waals surface area contributed by atoms with Crippen LogP contribution in [0.4, 0.5) is 0 Å². The van der Waals surface area contributed by atoms with Crippen LogP contribution >= 0.6 is 0 Å².